The lowest BCUT2D eigenvalue weighted by Gasteiger charge is -2.26. The summed E-state index contributed by atoms with van der Waals surface area (Å²) in [5.41, 5.74) is 0.629. The van der Waals surface area contributed by atoms with Gasteiger partial charge in [0.1, 0.15) is 0 Å². The van der Waals surface area contributed by atoms with Crippen LogP contribution in [-0.2, 0) is 9.67 Å². The molecule has 0 fully saturated rings. The fraction of sp³-hybridized carbons (Fsp3) is 0.364. The molecule has 0 aromatic heterocycles. The highest BCUT2D eigenvalue weighted by Gasteiger charge is 2.41. The summed E-state index contributed by atoms with van der Waals surface area (Å²) in [6, 6.07) is 8.89. The molecule has 1 N–H and O–H groups in total. The van der Waals surface area contributed by atoms with Crippen LogP contribution in [0.5, 0.6) is 0 Å². The van der Waals surface area contributed by atoms with Crippen molar-refractivity contribution in [1.82, 2.24) is 0 Å². The fourth-order valence-corrected chi connectivity index (χ4v) is 1.51. The number of aliphatic carboxylic acids is 1. The number of benzene rings is 1. The van der Waals surface area contributed by atoms with E-state index in [-0.39, 0.29) is 5.92 Å². The maximum absolute atomic E-state index is 11.1. The SMILES string of the molecule is CC(C)C(Cl)(C(=O)O)c1ccccc1. The molecule has 0 heterocycles. The second kappa shape index (κ2) is 4.01. The van der Waals surface area contributed by atoms with Gasteiger partial charge in [-0.3, -0.25) is 0 Å². The van der Waals surface area contributed by atoms with Crippen LogP contribution in [0.3, 0.4) is 0 Å². The van der Waals surface area contributed by atoms with Gasteiger partial charge in [0.2, 0.25) is 0 Å². The highest BCUT2D eigenvalue weighted by molar-refractivity contribution is 6.33. The molecule has 0 amide bonds. The second-order valence-corrected chi connectivity index (χ2v) is 4.13. The highest BCUT2D eigenvalue weighted by atomic mass is 35.5. The largest absolute Gasteiger partial charge is 0.480 e. The third kappa shape index (κ3) is 1.75. The van der Waals surface area contributed by atoms with E-state index in [0.29, 0.717) is 5.56 Å². The van der Waals surface area contributed by atoms with Crippen LogP contribution < -0.4 is 0 Å². The second-order valence-electron chi connectivity index (χ2n) is 3.54. The van der Waals surface area contributed by atoms with E-state index in [1.807, 2.05) is 6.07 Å². The van der Waals surface area contributed by atoms with Crippen molar-refractivity contribution in [2.45, 2.75) is 18.7 Å². The van der Waals surface area contributed by atoms with E-state index in [0.717, 1.165) is 0 Å². The Kier molecular flexibility index (Phi) is 3.17. The lowest BCUT2D eigenvalue weighted by atomic mass is 9.87. The Morgan fingerprint density at radius 1 is 1.36 bits per heavy atom. The Hall–Kier alpha value is -1.02. The van der Waals surface area contributed by atoms with Crippen LogP contribution in [0.2, 0.25) is 0 Å². The first-order valence-electron chi connectivity index (χ1n) is 4.47. The van der Waals surface area contributed by atoms with Gasteiger partial charge in [-0.1, -0.05) is 44.2 Å². The standard InChI is InChI=1S/C11H13ClO2/c1-8(2)11(12,10(13)14)9-6-4-3-5-7-9/h3-8H,1-2H3,(H,13,14). The zero-order valence-corrected chi connectivity index (χ0v) is 8.95. The van der Waals surface area contributed by atoms with Crippen molar-refractivity contribution in [3.63, 3.8) is 0 Å². The summed E-state index contributed by atoms with van der Waals surface area (Å²) in [5, 5.41) is 9.12. The molecule has 1 unspecified atom stereocenters. The van der Waals surface area contributed by atoms with Gasteiger partial charge in [-0.15, -0.1) is 11.6 Å². The summed E-state index contributed by atoms with van der Waals surface area (Å²) in [7, 11) is 0. The smallest absolute Gasteiger partial charge is 0.329 e. The lowest BCUT2D eigenvalue weighted by molar-refractivity contribution is -0.141. The van der Waals surface area contributed by atoms with Gasteiger partial charge in [0.25, 0.3) is 0 Å². The van der Waals surface area contributed by atoms with Crippen molar-refractivity contribution in [2.75, 3.05) is 0 Å². The van der Waals surface area contributed by atoms with Crippen molar-refractivity contribution < 1.29 is 9.90 Å². The topological polar surface area (TPSA) is 37.3 Å². The first-order valence-corrected chi connectivity index (χ1v) is 4.85. The van der Waals surface area contributed by atoms with E-state index in [2.05, 4.69) is 0 Å². The van der Waals surface area contributed by atoms with E-state index < -0.39 is 10.8 Å². The van der Waals surface area contributed by atoms with Gasteiger partial charge >= 0.3 is 5.97 Å². The zero-order valence-electron chi connectivity index (χ0n) is 8.20. The minimum absolute atomic E-state index is 0.163. The van der Waals surface area contributed by atoms with E-state index >= 15 is 0 Å². The van der Waals surface area contributed by atoms with Crippen LogP contribution in [0.25, 0.3) is 0 Å². The molecule has 3 heteroatoms. The van der Waals surface area contributed by atoms with E-state index in [9.17, 15) is 4.79 Å². The number of carboxylic acids is 1. The summed E-state index contributed by atoms with van der Waals surface area (Å²) in [5.74, 6) is -1.16. The Morgan fingerprint density at radius 2 is 1.86 bits per heavy atom. The summed E-state index contributed by atoms with van der Waals surface area (Å²) < 4.78 is 0. The fourth-order valence-electron chi connectivity index (χ4n) is 1.38. The molecule has 14 heavy (non-hydrogen) atoms. The predicted molar refractivity (Wildman–Crippen MR) is 56.4 cm³/mol. The van der Waals surface area contributed by atoms with Crippen LogP contribution in [-0.4, -0.2) is 11.1 Å². The molecular formula is C11H13ClO2. The number of carbonyl (C=O) groups is 1. The number of carboxylic acid groups (broad SMARTS) is 1. The molecule has 0 bridgehead atoms. The molecule has 0 radical (unpaired) electrons. The Labute approximate surface area is 88.5 Å². The third-order valence-corrected chi connectivity index (χ3v) is 3.12. The van der Waals surface area contributed by atoms with Gasteiger partial charge in [-0.05, 0) is 11.5 Å². The van der Waals surface area contributed by atoms with Crippen molar-refractivity contribution in [3.05, 3.63) is 35.9 Å². The monoisotopic (exact) mass is 212 g/mol. The maximum atomic E-state index is 11.1. The number of halogens is 1. The van der Waals surface area contributed by atoms with Crippen molar-refractivity contribution in [3.8, 4) is 0 Å². The average Bonchev–Trinajstić information content (AvgIpc) is 2.17. The Morgan fingerprint density at radius 3 is 2.21 bits per heavy atom. The molecule has 1 rings (SSSR count). The molecule has 0 aliphatic rings. The molecule has 76 valence electrons. The molecule has 0 aliphatic heterocycles. The van der Waals surface area contributed by atoms with Crippen molar-refractivity contribution >= 4 is 17.6 Å². The number of alkyl halides is 1. The van der Waals surface area contributed by atoms with Gasteiger partial charge in [0.15, 0.2) is 4.87 Å². The quantitative estimate of drug-likeness (QED) is 0.783. The Bertz CT molecular complexity index is 321. The van der Waals surface area contributed by atoms with Gasteiger partial charge in [0.05, 0.1) is 0 Å². The van der Waals surface area contributed by atoms with Crippen molar-refractivity contribution in [2.24, 2.45) is 5.92 Å². The number of hydrogen-bond acceptors (Lipinski definition) is 1. The van der Waals surface area contributed by atoms with E-state index in [1.54, 1.807) is 38.1 Å². The summed E-state index contributed by atoms with van der Waals surface area (Å²) >= 11 is 6.13. The first kappa shape index (κ1) is 11.1. The normalized spacial score (nSPS) is 15.1. The lowest BCUT2D eigenvalue weighted by Crippen LogP contribution is -2.35. The minimum atomic E-state index is -1.32. The highest BCUT2D eigenvalue weighted by Crippen LogP contribution is 2.36. The summed E-state index contributed by atoms with van der Waals surface area (Å²) in [6.07, 6.45) is 0. The molecule has 2 nitrogen and oxygen atoms in total. The number of hydrogen-bond donors (Lipinski definition) is 1. The van der Waals surface area contributed by atoms with Gasteiger partial charge in [0, 0.05) is 0 Å². The molecular weight excluding hydrogens is 200 g/mol. The molecule has 0 aliphatic carbocycles. The third-order valence-electron chi connectivity index (χ3n) is 2.30. The van der Waals surface area contributed by atoms with Crippen LogP contribution in [0.1, 0.15) is 19.4 Å². The van der Waals surface area contributed by atoms with Crippen molar-refractivity contribution in [1.29, 1.82) is 0 Å². The van der Waals surface area contributed by atoms with E-state index in [4.69, 9.17) is 16.7 Å². The van der Waals surface area contributed by atoms with Crippen LogP contribution in [0, 0.1) is 5.92 Å². The van der Waals surface area contributed by atoms with Crippen LogP contribution >= 0.6 is 11.6 Å². The summed E-state index contributed by atoms with van der Waals surface area (Å²) in [6.45, 7) is 3.60. The van der Waals surface area contributed by atoms with Gasteiger partial charge in [-0.2, -0.15) is 0 Å². The first-order chi connectivity index (χ1) is 6.49. The molecule has 1 aromatic rings. The minimum Gasteiger partial charge on any atom is -0.480 e. The molecule has 1 atom stereocenters. The number of rotatable bonds is 3. The Balaban J connectivity index is 3.20. The molecule has 0 saturated heterocycles. The van der Waals surface area contributed by atoms with Crippen LogP contribution in [0.4, 0.5) is 0 Å². The van der Waals surface area contributed by atoms with E-state index in [1.165, 1.54) is 0 Å². The van der Waals surface area contributed by atoms with Crippen LogP contribution in [0.15, 0.2) is 30.3 Å². The molecule has 0 saturated carbocycles. The zero-order chi connectivity index (χ0) is 10.8. The average molecular weight is 213 g/mol. The van der Waals surface area contributed by atoms with Gasteiger partial charge < -0.3 is 5.11 Å². The summed E-state index contributed by atoms with van der Waals surface area (Å²) in [4.78, 5) is 9.81. The molecule has 0 spiro atoms. The van der Waals surface area contributed by atoms with Gasteiger partial charge in [-0.25, -0.2) is 4.79 Å². The molecule has 1 aromatic carbocycles. The maximum Gasteiger partial charge on any atom is 0.329 e. The predicted octanol–water partition coefficient (Wildman–Crippen LogP) is 2.86.